The van der Waals surface area contributed by atoms with E-state index in [9.17, 15) is 101 Å². The monoisotopic (exact) mass is 982 g/mol. The van der Waals surface area contributed by atoms with Crippen molar-refractivity contribution in [3.63, 3.8) is 0 Å². The molecule has 0 radical (unpaired) electrons. The van der Waals surface area contributed by atoms with Crippen LogP contribution in [0.3, 0.4) is 0 Å². The summed E-state index contributed by atoms with van der Waals surface area (Å²) in [4.78, 5) is 49.6. The van der Waals surface area contributed by atoms with Gasteiger partial charge in [0.25, 0.3) is 5.79 Å². The van der Waals surface area contributed by atoms with Crippen LogP contribution in [0.25, 0.3) is 0 Å². The Kier molecular flexibility index (Phi) is 20.6. The number of hydrogen-bond donors (Lipinski definition) is 18. The van der Waals surface area contributed by atoms with Gasteiger partial charge >= 0.3 is 5.97 Å². The molecule has 18 N–H and O–H groups in total. The van der Waals surface area contributed by atoms with E-state index in [4.69, 9.17) is 37.9 Å². The van der Waals surface area contributed by atoms with E-state index < -0.39 is 203 Å². The number of aliphatic carboxylic acids is 1. The molecule has 0 aliphatic carbocycles. The van der Waals surface area contributed by atoms with E-state index in [2.05, 4.69) is 10.6 Å². The van der Waals surface area contributed by atoms with Gasteiger partial charge in [0, 0.05) is 20.3 Å². The van der Waals surface area contributed by atoms with E-state index in [-0.39, 0.29) is 6.29 Å². The lowest BCUT2D eigenvalue weighted by Gasteiger charge is -2.52. The molecule has 0 spiro atoms. The third-order valence-corrected chi connectivity index (χ3v) is 11.6. The number of amides is 2. The number of ether oxygens (including phenoxy) is 8. The summed E-state index contributed by atoms with van der Waals surface area (Å²) in [6.07, 6.45) is -46.8. The molecule has 4 aliphatic rings. The number of aliphatic hydroxyl groups excluding tert-OH is 15. The highest BCUT2D eigenvalue weighted by Gasteiger charge is 2.61. The normalized spacial score (nSPS) is 42.1. The molecule has 388 valence electrons. The summed E-state index contributed by atoms with van der Waals surface area (Å²) in [6, 6.07) is -3.58. The zero-order chi connectivity index (χ0) is 50.4. The van der Waals surface area contributed by atoms with Gasteiger partial charge in [-0.1, -0.05) is 0 Å². The van der Waals surface area contributed by atoms with Crippen LogP contribution < -0.4 is 10.6 Å². The van der Waals surface area contributed by atoms with Crippen molar-refractivity contribution in [3.8, 4) is 0 Å². The third-order valence-electron chi connectivity index (χ3n) is 11.6. The predicted octanol–water partition coefficient (Wildman–Crippen LogP) is -11.6. The molecule has 25 atom stereocenters. The lowest BCUT2D eigenvalue weighted by molar-refractivity contribution is -0.393. The molecule has 0 saturated carbocycles. The van der Waals surface area contributed by atoms with Gasteiger partial charge in [-0.05, 0) is 6.92 Å². The maximum atomic E-state index is 13.0. The number of carbonyl (C=O) groups excluding carboxylic acids is 3. The second-order valence-corrected chi connectivity index (χ2v) is 16.5. The van der Waals surface area contributed by atoms with Gasteiger partial charge in [-0.15, -0.1) is 0 Å². The van der Waals surface area contributed by atoms with E-state index >= 15 is 0 Å². The maximum absolute atomic E-state index is 13.0. The number of carboxylic acids is 1. The quantitative estimate of drug-likeness (QED) is 0.0475. The number of aliphatic hydroxyl groups is 15. The Morgan fingerprint density at radius 3 is 1.79 bits per heavy atom. The molecule has 0 bridgehead atoms. The van der Waals surface area contributed by atoms with Crippen LogP contribution in [0.2, 0.25) is 0 Å². The molecule has 30 nitrogen and oxygen atoms in total. The van der Waals surface area contributed by atoms with E-state index in [1.807, 2.05) is 0 Å². The molecule has 30 heteroatoms. The van der Waals surface area contributed by atoms with Crippen LogP contribution in [-0.4, -0.2) is 285 Å². The van der Waals surface area contributed by atoms with Gasteiger partial charge in [0.2, 0.25) is 11.8 Å². The average molecular weight is 983 g/mol. The third kappa shape index (κ3) is 12.7. The first kappa shape index (κ1) is 56.7. The van der Waals surface area contributed by atoms with Crippen molar-refractivity contribution >= 4 is 24.1 Å². The molecule has 4 rings (SSSR count). The fourth-order valence-corrected chi connectivity index (χ4v) is 8.01. The SMILES string of the molecule is CC(=O)N[C@H]1[C@H](O[C@@H]([C@@H](O)[C@H](O)CO)[C@@H](O)C=O)O[C@H](CO)[C@@H](O[C@@H]2O[C@H](CO)[C@H](O)[C@H](O[C@]3(C(=O)O)C[C@H](O)[C@@H](NC(C)=O)[C@H]([C@H](O)[C@H](O)CO)O3)[C@H]2O)[C@@H]1O[C@@H]1O[C@@H](C)[C@@H](O)[C@@H](O)[C@@H]1O. The summed E-state index contributed by atoms with van der Waals surface area (Å²) in [6.45, 7) is -1.41. The lowest BCUT2D eigenvalue weighted by Crippen LogP contribution is -2.72. The van der Waals surface area contributed by atoms with Crippen molar-refractivity contribution in [1.29, 1.82) is 0 Å². The fraction of sp³-hybridized carbons (Fsp3) is 0.892. The summed E-state index contributed by atoms with van der Waals surface area (Å²) in [5, 5.41) is 174. The van der Waals surface area contributed by atoms with Gasteiger partial charge in [-0.2, -0.15) is 0 Å². The minimum atomic E-state index is -3.22. The molecule has 4 saturated heterocycles. The fourth-order valence-electron chi connectivity index (χ4n) is 8.01. The zero-order valence-electron chi connectivity index (χ0n) is 36.0. The molecule has 67 heavy (non-hydrogen) atoms. The standard InChI is InChI=1S/C37H62N2O28/c1-10-21(51)25(55)26(56)34(60-10)65-31-20(39-12(3)46)33(63-28(16(50)7-42)22(52)14(48)5-40)62-18(9-44)29(31)64-35-27(57)32(24(54)17(8-43)61-35)67-37(36(58)59)4-13(47)19(38-11(2)45)30(66-37)23(53)15(49)6-41/h7,10,13-35,40-41,43-44,47-57H,4-6,8-9H2,1-3H3,(H,38,45)(H,39,46)(H,58,59)/t10-,13-,14+,15+,16-,17+,18+,19+,20+,21+,22-,23+,24-,25+,26-,27+,28+,29+,30+,31+,32-,33-,34-,35-,37-/m0/s1. The highest BCUT2D eigenvalue weighted by molar-refractivity contribution is 5.76. The Labute approximate surface area is 379 Å². The summed E-state index contributed by atoms with van der Waals surface area (Å²) in [7, 11) is 0. The smallest absolute Gasteiger partial charge is 0.364 e. The van der Waals surface area contributed by atoms with Crippen molar-refractivity contribution in [3.05, 3.63) is 0 Å². The van der Waals surface area contributed by atoms with Crippen molar-refractivity contribution in [2.75, 3.05) is 26.4 Å². The largest absolute Gasteiger partial charge is 0.477 e. The van der Waals surface area contributed by atoms with Crippen LogP contribution in [0.5, 0.6) is 0 Å². The summed E-state index contributed by atoms with van der Waals surface area (Å²) in [5.74, 6) is -7.07. The van der Waals surface area contributed by atoms with E-state index in [0.717, 1.165) is 13.8 Å². The molecular formula is C37H62N2O28. The summed E-state index contributed by atoms with van der Waals surface area (Å²) >= 11 is 0. The second kappa shape index (κ2) is 24.3. The molecule has 0 unspecified atom stereocenters. The predicted molar refractivity (Wildman–Crippen MR) is 207 cm³/mol. The van der Waals surface area contributed by atoms with Gasteiger partial charge in [0.15, 0.2) is 25.2 Å². The van der Waals surface area contributed by atoms with E-state index in [1.54, 1.807) is 0 Å². The molecular weight excluding hydrogens is 920 g/mol. The number of aldehydes is 1. The molecule has 2 amide bonds. The number of carboxylic acid groups (broad SMARTS) is 1. The zero-order valence-corrected chi connectivity index (χ0v) is 36.0. The van der Waals surface area contributed by atoms with Crippen LogP contribution in [0.1, 0.15) is 27.2 Å². The van der Waals surface area contributed by atoms with Crippen LogP contribution in [0, 0.1) is 0 Å². The van der Waals surface area contributed by atoms with Gasteiger partial charge in [-0.3, -0.25) is 9.59 Å². The van der Waals surface area contributed by atoms with Gasteiger partial charge in [0.05, 0.1) is 44.7 Å². The Bertz CT molecular complexity index is 1620. The van der Waals surface area contributed by atoms with Crippen molar-refractivity contribution < 1.29 is 139 Å². The van der Waals surface area contributed by atoms with Gasteiger partial charge in [0.1, 0.15) is 110 Å². The Morgan fingerprint density at radius 1 is 0.701 bits per heavy atom. The number of rotatable bonds is 21. The molecule has 4 aliphatic heterocycles. The Hall–Kier alpha value is -2.84. The molecule has 0 aromatic rings. The van der Waals surface area contributed by atoms with Gasteiger partial charge < -0.3 is 135 Å². The van der Waals surface area contributed by atoms with Crippen molar-refractivity contribution in [1.82, 2.24) is 10.6 Å². The highest BCUT2D eigenvalue weighted by atomic mass is 16.8. The van der Waals surface area contributed by atoms with Crippen molar-refractivity contribution in [2.24, 2.45) is 0 Å². The first-order valence-corrected chi connectivity index (χ1v) is 20.9. The highest BCUT2D eigenvalue weighted by Crippen LogP contribution is 2.39. The van der Waals surface area contributed by atoms with Crippen LogP contribution >= 0.6 is 0 Å². The topological polar surface area (TPSA) is 490 Å². The first-order chi connectivity index (χ1) is 31.4. The minimum Gasteiger partial charge on any atom is -0.477 e. The van der Waals surface area contributed by atoms with Gasteiger partial charge in [-0.25, -0.2) is 4.79 Å². The number of hydrogen-bond acceptors (Lipinski definition) is 27. The van der Waals surface area contributed by atoms with E-state index in [1.165, 1.54) is 6.92 Å². The van der Waals surface area contributed by atoms with Crippen LogP contribution in [0.4, 0.5) is 0 Å². The van der Waals surface area contributed by atoms with Crippen LogP contribution in [0.15, 0.2) is 0 Å². The lowest BCUT2D eigenvalue weighted by atomic mass is 9.88. The van der Waals surface area contributed by atoms with Crippen molar-refractivity contribution in [2.45, 2.75) is 180 Å². The summed E-state index contributed by atoms with van der Waals surface area (Å²) in [5.41, 5.74) is 0. The second-order valence-electron chi connectivity index (χ2n) is 16.5. The summed E-state index contributed by atoms with van der Waals surface area (Å²) < 4.78 is 46.2. The van der Waals surface area contributed by atoms with Crippen LogP contribution in [-0.2, 0) is 57.1 Å². The molecule has 0 aromatic carbocycles. The first-order valence-electron chi connectivity index (χ1n) is 20.9. The Morgan fingerprint density at radius 2 is 1.25 bits per heavy atom. The Balaban J connectivity index is 1.81. The molecule has 4 fully saturated rings. The minimum absolute atomic E-state index is 0.139. The van der Waals surface area contributed by atoms with E-state index in [0.29, 0.717) is 0 Å². The molecule has 4 heterocycles. The number of nitrogens with one attached hydrogen (secondary N) is 2. The molecule has 0 aromatic heterocycles. The maximum Gasteiger partial charge on any atom is 0.364 e. The average Bonchev–Trinajstić information content (AvgIpc) is 3.29. The number of carbonyl (C=O) groups is 4.